The molecule has 1 spiro atoms. The van der Waals surface area contributed by atoms with Crippen LogP contribution in [-0.2, 0) is 23.8 Å². The second-order valence-corrected chi connectivity index (χ2v) is 5.89. The first-order valence-electron chi connectivity index (χ1n) is 7.16. The average Bonchev–Trinajstić information content (AvgIpc) is 3.14. The summed E-state index contributed by atoms with van der Waals surface area (Å²) in [4.78, 5) is 14.8. The van der Waals surface area contributed by atoms with Gasteiger partial charge in [0.1, 0.15) is 0 Å². The highest BCUT2D eigenvalue weighted by molar-refractivity contribution is 6.06. The van der Waals surface area contributed by atoms with Crippen LogP contribution in [0.3, 0.4) is 0 Å². The van der Waals surface area contributed by atoms with Gasteiger partial charge in [0.15, 0.2) is 0 Å². The lowest BCUT2D eigenvalue weighted by Gasteiger charge is -2.22. The fourth-order valence-corrected chi connectivity index (χ4v) is 3.49. The molecule has 0 saturated carbocycles. The van der Waals surface area contributed by atoms with Gasteiger partial charge < -0.3 is 5.32 Å². The normalized spacial score (nSPS) is 24.5. The van der Waals surface area contributed by atoms with Crippen LogP contribution in [0.1, 0.15) is 17.7 Å². The van der Waals surface area contributed by atoms with E-state index in [1.165, 1.54) is 0 Å². The van der Waals surface area contributed by atoms with Crippen LogP contribution >= 0.6 is 0 Å². The molecule has 0 aliphatic carbocycles. The number of nitrogens with zero attached hydrogens (tertiary/aromatic N) is 4. The predicted molar refractivity (Wildman–Crippen MR) is 77.6 cm³/mol. The highest BCUT2D eigenvalue weighted by atomic mass is 16.2. The number of carbonyl (C=O) groups excluding carboxylic acids is 1. The van der Waals surface area contributed by atoms with Crippen LogP contribution < -0.4 is 5.32 Å². The third-order valence-electron chi connectivity index (χ3n) is 4.67. The van der Waals surface area contributed by atoms with Crippen LogP contribution in [0, 0.1) is 0 Å². The fraction of sp³-hybridized carbons (Fsp3) is 0.400. The summed E-state index contributed by atoms with van der Waals surface area (Å²) in [6.45, 7) is 2.44. The van der Waals surface area contributed by atoms with Gasteiger partial charge in [-0.1, -0.05) is 23.4 Å². The number of aromatic nitrogens is 3. The lowest BCUT2D eigenvalue weighted by Crippen LogP contribution is -2.37. The van der Waals surface area contributed by atoms with E-state index in [2.05, 4.69) is 26.6 Å². The van der Waals surface area contributed by atoms with Gasteiger partial charge in [-0.2, -0.15) is 0 Å². The summed E-state index contributed by atoms with van der Waals surface area (Å²) in [6.07, 6.45) is 2.65. The summed E-state index contributed by atoms with van der Waals surface area (Å²) in [5.74, 6) is 0.134. The number of anilines is 1. The number of amides is 1. The lowest BCUT2D eigenvalue weighted by atomic mass is 9.81. The van der Waals surface area contributed by atoms with Crippen LogP contribution in [-0.4, -0.2) is 38.9 Å². The van der Waals surface area contributed by atoms with Gasteiger partial charge >= 0.3 is 0 Å². The molecule has 1 N–H and O–H groups in total. The van der Waals surface area contributed by atoms with Crippen LogP contribution in [0.2, 0.25) is 0 Å². The Morgan fingerprint density at radius 1 is 1.38 bits per heavy atom. The van der Waals surface area contributed by atoms with E-state index in [1.807, 2.05) is 25.2 Å². The average molecular weight is 283 g/mol. The first-order valence-corrected chi connectivity index (χ1v) is 7.16. The number of fused-ring (bicyclic) bond motifs is 2. The largest absolute Gasteiger partial charge is 0.325 e. The summed E-state index contributed by atoms with van der Waals surface area (Å²) in [5.41, 5.74) is 2.79. The van der Waals surface area contributed by atoms with Crippen molar-refractivity contribution in [2.75, 3.05) is 18.4 Å². The van der Waals surface area contributed by atoms with Gasteiger partial charge in [0.2, 0.25) is 5.91 Å². The van der Waals surface area contributed by atoms with Crippen LogP contribution in [0.5, 0.6) is 0 Å². The monoisotopic (exact) mass is 283 g/mol. The Labute approximate surface area is 122 Å². The maximum atomic E-state index is 12.5. The van der Waals surface area contributed by atoms with Crippen molar-refractivity contribution >= 4 is 11.6 Å². The molecule has 21 heavy (non-hydrogen) atoms. The zero-order valence-corrected chi connectivity index (χ0v) is 11.9. The smallest absolute Gasteiger partial charge is 0.236 e. The molecule has 6 heteroatoms. The van der Waals surface area contributed by atoms with Crippen molar-refractivity contribution in [2.24, 2.45) is 7.05 Å². The van der Waals surface area contributed by atoms with Gasteiger partial charge in [-0.25, -0.2) is 0 Å². The van der Waals surface area contributed by atoms with Gasteiger partial charge in [0.05, 0.1) is 17.3 Å². The molecule has 1 aromatic carbocycles. The lowest BCUT2D eigenvalue weighted by molar-refractivity contribution is -0.120. The second kappa shape index (κ2) is 4.39. The SMILES string of the molecule is Cn1nncc1CN1CCC2(C1)C(=O)Nc1ccccc12. The van der Waals surface area contributed by atoms with Crippen molar-refractivity contribution < 1.29 is 4.79 Å². The first kappa shape index (κ1) is 12.5. The highest BCUT2D eigenvalue weighted by Gasteiger charge is 2.50. The molecule has 2 aliphatic heterocycles. The molecule has 0 radical (unpaired) electrons. The molecule has 1 unspecified atom stereocenters. The van der Waals surface area contributed by atoms with Gasteiger partial charge in [-0.05, 0) is 18.1 Å². The van der Waals surface area contributed by atoms with Crippen LogP contribution in [0.4, 0.5) is 5.69 Å². The Morgan fingerprint density at radius 3 is 3.05 bits per heavy atom. The summed E-state index contributed by atoms with van der Waals surface area (Å²) in [6, 6.07) is 8.03. The zero-order chi connectivity index (χ0) is 14.4. The number of rotatable bonds is 2. The summed E-state index contributed by atoms with van der Waals surface area (Å²) in [5, 5.41) is 10.9. The number of para-hydroxylation sites is 1. The predicted octanol–water partition coefficient (Wildman–Crippen LogP) is 0.911. The fourth-order valence-electron chi connectivity index (χ4n) is 3.49. The number of benzene rings is 1. The molecular formula is C15H17N5O. The molecule has 1 fully saturated rings. The first-order chi connectivity index (χ1) is 10.2. The molecule has 1 atom stereocenters. The zero-order valence-electron chi connectivity index (χ0n) is 11.9. The minimum Gasteiger partial charge on any atom is -0.325 e. The van der Waals surface area contributed by atoms with Gasteiger partial charge in [-0.15, -0.1) is 5.10 Å². The van der Waals surface area contributed by atoms with Crippen molar-refractivity contribution in [2.45, 2.75) is 18.4 Å². The summed E-state index contributed by atoms with van der Waals surface area (Å²) < 4.78 is 1.79. The second-order valence-electron chi connectivity index (χ2n) is 5.89. The molecule has 1 saturated heterocycles. The molecular weight excluding hydrogens is 266 g/mol. The number of hydrogen-bond acceptors (Lipinski definition) is 4. The summed E-state index contributed by atoms with van der Waals surface area (Å²) >= 11 is 0. The van der Waals surface area contributed by atoms with E-state index in [1.54, 1.807) is 10.9 Å². The third kappa shape index (κ3) is 1.79. The maximum absolute atomic E-state index is 12.5. The van der Waals surface area contributed by atoms with E-state index in [9.17, 15) is 4.79 Å². The van der Waals surface area contributed by atoms with Crippen molar-refractivity contribution in [1.29, 1.82) is 0 Å². The minimum atomic E-state index is -0.386. The molecule has 0 bridgehead atoms. The van der Waals surface area contributed by atoms with Crippen molar-refractivity contribution in [1.82, 2.24) is 19.9 Å². The van der Waals surface area contributed by atoms with Crippen molar-refractivity contribution in [3.05, 3.63) is 41.7 Å². The van der Waals surface area contributed by atoms with Crippen LogP contribution in [0.25, 0.3) is 0 Å². The van der Waals surface area contributed by atoms with Gasteiger partial charge in [0, 0.05) is 32.4 Å². The number of carbonyl (C=O) groups is 1. The van der Waals surface area contributed by atoms with E-state index in [0.29, 0.717) is 0 Å². The summed E-state index contributed by atoms with van der Waals surface area (Å²) in [7, 11) is 1.89. The molecule has 3 heterocycles. The Morgan fingerprint density at radius 2 is 2.24 bits per heavy atom. The molecule has 6 nitrogen and oxygen atoms in total. The molecule has 1 aromatic heterocycles. The van der Waals surface area contributed by atoms with Gasteiger partial charge in [-0.3, -0.25) is 14.4 Å². The topological polar surface area (TPSA) is 63.1 Å². The van der Waals surface area contributed by atoms with Crippen molar-refractivity contribution in [3.63, 3.8) is 0 Å². The molecule has 4 rings (SSSR count). The molecule has 2 aliphatic rings. The molecule has 108 valence electrons. The Balaban J connectivity index is 1.61. The number of hydrogen-bond donors (Lipinski definition) is 1. The van der Waals surface area contributed by atoms with E-state index in [0.717, 1.165) is 43.0 Å². The van der Waals surface area contributed by atoms with E-state index in [4.69, 9.17) is 0 Å². The van der Waals surface area contributed by atoms with Crippen molar-refractivity contribution in [3.8, 4) is 0 Å². The number of nitrogens with one attached hydrogen (secondary N) is 1. The quantitative estimate of drug-likeness (QED) is 0.890. The maximum Gasteiger partial charge on any atom is 0.236 e. The van der Waals surface area contributed by atoms with Gasteiger partial charge in [0.25, 0.3) is 0 Å². The van der Waals surface area contributed by atoms with E-state index < -0.39 is 0 Å². The Hall–Kier alpha value is -2.21. The highest BCUT2D eigenvalue weighted by Crippen LogP contribution is 2.44. The van der Waals surface area contributed by atoms with Crippen LogP contribution in [0.15, 0.2) is 30.5 Å². The third-order valence-corrected chi connectivity index (χ3v) is 4.67. The van der Waals surface area contributed by atoms with E-state index >= 15 is 0 Å². The minimum absolute atomic E-state index is 0.134. The van der Waals surface area contributed by atoms with E-state index in [-0.39, 0.29) is 11.3 Å². The molecule has 1 amide bonds. The standard InChI is InChI=1S/C15H17N5O/c1-19-11(8-16-18-19)9-20-7-6-15(10-20)12-4-2-3-5-13(12)17-14(15)21/h2-5,8H,6-7,9-10H2,1H3,(H,17,21). The Bertz CT molecular complexity index is 710. The number of aryl methyl sites for hydroxylation is 1. The number of likely N-dealkylation sites (tertiary alicyclic amines) is 1. The Kier molecular flexibility index (Phi) is 2.62. The molecule has 2 aromatic rings.